The van der Waals surface area contributed by atoms with Crippen molar-refractivity contribution in [3.8, 4) is 12.3 Å². The zero-order chi connectivity index (χ0) is 12.3. The lowest BCUT2D eigenvalue weighted by Gasteiger charge is -2.32. The molecule has 2 amide bonds. The van der Waals surface area contributed by atoms with E-state index in [1.54, 1.807) is 4.90 Å². The summed E-state index contributed by atoms with van der Waals surface area (Å²) in [5.74, 6) is 3.30. The summed E-state index contributed by atoms with van der Waals surface area (Å²) in [4.78, 5) is 17.1. The first-order chi connectivity index (χ1) is 7.56. The van der Waals surface area contributed by atoms with Crippen LogP contribution in [0.4, 0.5) is 4.79 Å². The minimum absolute atomic E-state index is 0.131. The molecule has 1 heterocycles. The minimum atomic E-state index is -0.306. The van der Waals surface area contributed by atoms with Crippen LogP contribution >= 0.6 is 0 Å². The van der Waals surface area contributed by atoms with Crippen LogP contribution in [0.1, 0.15) is 33.6 Å². The molecule has 0 saturated heterocycles. The molecule has 88 valence electrons. The van der Waals surface area contributed by atoms with Crippen LogP contribution in [0.25, 0.3) is 0 Å². The summed E-state index contributed by atoms with van der Waals surface area (Å²) in [5, 5.41) is 0. The Bertz CT molecular complexity index is 339. The van der Waals surface area contributed by atoms with E-state index in [4.69, 9.17) is 12.2 Å². The number of hydrogen-bond acceptors (Lipinski definition) is 2. The van der Waals surface area contributed by atoms with Gasteiger partial charge in [0.25, 0.3) is 0 Å². The first kappa shape index (κ1) is 12.6. The predicted octanol–water partition coefficient (Wildman–Crippen LogP) is 1.61. The molecule has 0 saturated carbocycles. The van der Waals surface area contributed by atoms with Gasteiger partial charge in [-0.25, -0.2) is 4.79 Å². The highest BCUT2D eigenvalue weighted by molar-refractivity contribution is 6.03. The van der Waals surface area contributed by atoms with Crippen LogP contribution in [0.2, 0.25) is 0 Å². The van der Waals surface area contributed by atoms with Gasteiger partial charge in [0.1, 0.15) is 5.84 Å². The van der Waals surface area contributed by atoms with Crippen molar-refractivity contribution < 1.29 is 4.79 Å². The van der Waals surface area contributed by atoms with E-state index in [1.165, 1.54) is 0 Å². The first-order valence-corrected chi connectivity index (χ1v) is 5.69. The normalized spacial score (nSPS) is 22.2. The van der Waals surface area contributed by atoms with Crippen LogP contribution in [0.15, 0.2) is 4.99 Å². The Morgan fingerprint density at radius 3 is 2.56 bits per heavy atom. The second-order valence-corrected chi connectivity index (χ2v) is 4.09. The number of nitrogens with zero attached hydrogens (tertiary/aromatic N) is 2. The number of urea groups is 1. The Morgan fingerprint density at radius 2 is 2.12 bits per heavy atom. The Hall–Kier alpha value is -1.50. The number of carbonyl (C=O) groups excluding carboxylic acids is 1. The third kappa shape index (κ3) is 2.04. The zero-order valence-corrected chi connectivity index (χ0v) is 10.1. The second kappa shape index (κ2) is 5.02. The van der Waals surface area contributed by atoms with E-state index >= 15 is 0 Å². The fraction of sp³-hybridized carbons (Fsp3) is 0.667. The average Bonchev–Trinajstić information content (AvgIpc) is 2.55. The monoisotopic (exact) mass is 221 g/mol. The molecule has 0 fully saturated rings. The van der Waals surface area contributed by atoms with Crippen molar-refractivity contribution in [1.82, 2.24) is 4.90 Å². The van der Waals surface area contributed by atoms with Crippen molar-refractivity contribution in [3.05, 3.63) is 0 Å². The number of nitrogens with two attached hydrogens (primary N) is 1. The standard InChI is InChI=1S/C12H19N3O/c1-5-8(4)15-10(9(6-2)7-3)11(13)14-12(15)16/h1,8-10H,6-7H2,2-4H3,(H2,13,14,16). The Kier molecular flexibility index (Phi) is 3.94. The van der Waals surface area contributed by atoms with Crippen LogP contribution in [-0.2, 0) is 0 Å². The highest BCUT2D eigenvalue weighted by Crippen LogP contribution is 2.25. The van der Waals surface area contributed by atoms with E-state index < -0.39 is 0 Å². The largest absolute Gasteiger partial charge is 0.385 e. The van der Waals surface area contributed by atoms with Crippen LogP contribution in [-0.4, -0.2) is 28.9 Å². The average molecular weight is 221 g/mol. The quantitative estimate of drug-likeness (QED) is 0.733. The second-order valence-electron chi connectivity index (χ2n) is 4.09. The summed E-state index contributed by atoms with van der Waals surface area (Å²) >= 11 is 0. The SMILES string of the molecule is C#CC(C)N1C(=O)N=C(N)C1C(CC)CC. The van der Waals surface area contributed by atoms with Crippen molar-refractivity contribution in [3.63, 3.8) is 0 Å². The van der Waals surface area contributed by atoms with Crippen LogP contribution in [0.5, 0.6) is 0 Å². The molecule has 0 aromatic heterocycles. The van der Waals surface area contributed by atoms with Gasteiger partial charge >= 0.3 is 6.03 Å². The molecule has 1 rings (SSSR count). The molecule has 2 N–H and O–H groups in total. The molecule has 2 unspecified atom stereocenters. The highest BCUT2D eigenvalue weighted by Gasteiger charge is 2.39. The Morgan fingerprint density at radius 1 is 1.56 bits per heavy atom. The maximum Gasteiger partial charge on any atom is 0.346 e. The van der Waals surface area contributed by atoms with E-state index in [1.807, 2.05) is 6.92 Å². The van der Waals surface area contributed by atoms with Crippen LogP contribution in [0, 0.1) is 18.3 Å². The molecule has 4 heteroatoms. The lowest BCUT2D eigenvalue weighted by atomic mass is 9.92. The maximum atomic E-state index is 11.7. The summed E-state index contributed by atoms with van der Waals surface area (Å²) in [7, 11) is 0. The number of terminal acetylenes is 1. The van der Waals surface area contributed by atoms with E-state index in [0.29, 0.717) is 11.8 Å². The summed E-state index contributed by atoms with van der Waals surface area (Å²) in [6, 6.07) is -0.698. The van der Waals surface area contributed by atoms with Gasteiger partial charge in [-0.15, -0.1) is 6.42 Å². The molecule has 0 aliphatic carbocycles. The lowest BCUT2D eigenvalue weighted by molar-refractivity contribution is 0.177. The summed E-state index contributed by atoms with van der Waals surface area (Å²) in [6.45, 7) is 5.99. The van der Waals surface area contributed by atoms with Gasteiger partial charge in [0.15, 0.2) is 0 Å². The summed E-state index contributed by atoms with van der Waals surface area (Å²) in [6.07, 6.45) is 7.28. The predicted molar refractivity (Wildman–Crippen MR) is 65.0 cm³/mol. The van der Waals surface area contributed by atoms with E-state index in [9.17, 15) is 4.79 Å². The van der Waals surface area contributed by atoms with Crippen molar-refractivity contribution in [2.75, 3.05) is 0 Å². The van der Waals surface area contributed by atoms with Gasteiger partial charge < -0.3 is 5.73 Å². The van der Waals surface area contributed by atoms with E-state index in [0.717, 1.165) is 12.8 Å². The molecule has 0 bridgehead atoms. The van der Waals surface area contributed by atoms with Gasteiger partial charge in [-0.3, -0.25) is 4.90 Å². The van der Waals surface area contributed by atoms with Gasteiger partial charge in [-0.05, 0) is 12.8 Å². The number of rotatable bonds is 4. The summed E-state index contributed by atoms with van der Waals surface area (Å²) in [5.41, 5.74) is 5.82. The molecule has 16 heavy (non-hydrogen) atoms. The van der Waals surface area contributed by atoms with E-state index in [-0.39, 0.29) is 18.1 Å². The smallest absolute Gasteiger partial charge is 0.346 e. The molecule has 0 aromatic rings. The number of amidine groups is 1. The van der Waals surface area contributed by atoms with Crippen LogP contribution < -0.4 is 5.73 Å². The third-order valence-corrected chi connectivity index (χ3v) is 3.20. The molecule has 0 spiro atoms. The van der Waals surface area contributed by atoms with Crippen molar-refractivity contribution in [2.24, 2.45) is 16.6 Å². The van der Waals surface area contributed by atoms with E-state index in [2.05, 4.69) is 24.8 Å². The number of hydrogen-bond donors (Lipinski definition) is 1. The van der Waals surface area contributed by atoms with Crippen LogP contribution in [0.3, 0.4) is 0 Å². The number of amides is 2. The van der Waals surface area contributed by atoms with Crippen molar-refractivity contribution >= 4 is 11.9 Å². The molecular formula is C12H19N3O. The molecule has 2 atom stereocenters. The topological polar surface area (TPSA) is 58.7 Å². The van der Waals surface area contributed by atoms with Gasteiger partial charge in [0.05, 0.1) is 12.1 Å². The molecule has 0 aromatic carbocycles. The maximum absolute atomic E-state index is 11.7. The highest BCUT2D eigenvalue weighted by atomic mass is 16.2. The Balaban J connectivity index is 2.99. The molecule has 1 aliphatic rings. The van der Waals surface area contributed by atoms with Gasteiger partial charge in [0, 0.05) is 0 Å². The van der Waals surface area contributed by atoms with Gasteiger partial charge in [-0.2, -0.15) is 4.99 Å². The fourth-order valence-corrected chi connectivity index (χ4v) is 2.19. The first-order valence-electron chi connectivity index (χ1n) is 5.69. The minimum Gasteiger partial charge on any atom is -0.385 e. The number of aliphatic imine (C=N–C) groups is 1. The molecular weight excluding hydrogens is 202 g/mol. The molecule has 4 nitrogen and oxygen atoms in total. The zero-order valence-electron chi connectivity index (χ0n) is 10.1. The number of carbonyl (C=O) groups is 1. The van der Waals surface area contributed by atoms with Gasteiger partial charge in [-0.1, -0.05) is 32.6 Å². The molecule has 0 radical (unpaired) electrons. The lowest BCUT2D eigenvalue weighted by Crippen LogP contribution is -2.49. The summed E-state index contributed by atoms with van der Waals surface area (Å²) < 4.78 is 0. The van der Waals surface area contributed by atoms with Crippen molar-refractivity contribution in [1.29, 1.82) is 0 Å². The third-order valence-electron chi connectivity index (χ3n) is 3.20. The Labute approximate surface area is 96.9 Å². The van der Waals surface area contributed by atoms with Crippen molar-refractivity contribution in [2.45, 2.75) is 45.7 Å². The molecule has 1 aliphatic heterocycles. The fourth-order valence-electron chi connectivity index (χ4n) is 2.19. The van der Waals surface area contributed by atoms with Gasteiger partial charge in [0.2, 0.25) is 0 Å².